The number of phenolic OH excluding ortho intramolecular Hbond substituents is 1. The molecule has 0 unspecified atom stereocenters. The molecule has 228 valence electrons. The van der Waals surface area contributed by atoms with Crippen LogP contribution in [0.25, 0.3) is 22.2 Å². The minimum atomic E-state index is -0.864. The van der Waals surface area contributed by atoms with Gasteiger partial charge in [0.1, 0.15) is 35.6 Å². The number of anilines is 1. The number of nitrogens with one attached hydrogen (secondary N) is 1. The van der Waals surface area contributed by atoms with E-state index in [1.54, 1.807) is 18.3 Å². The highest BCUT2D eigenvalue weighted by Crippen LogP contribution is 2.46. The number of pyridine rings is 1. The van der Waals surface area contributed by atoms with Crippen molar-refractivity contribution in [2.75, 3.05) is 37.7 Å². The fourth-order valence-corrected chi connectivity index (χ4v) is 8.85. The van der Waals surface area contributed by atoms with Crippen molar-refractivity contribution in [1.29, 1.82) is 0 Å². The monoisotopic (exact) mass is 590 g/mol. The zero-order chi connectivity index (χ0) is 29.5. The molecular formula is C33H40F2N6O2. The second-order valence-corrected chi connectivity index (χ2v) is 14.2. The fraction of sp³-hybridized carbons (Fsp3) is 0.606. The average molecular weight is 591 g/mol. The molecule has 4 atom stereocenters. The minimum Gasteiger partial charge on any atom is -0.508 e. The molecule has 43 heavy (non-hydrogen) atoms. The number of halogens is 2. The SMILES string of the molecule is CC1(C)CCCc2cc(O)cc(-c3ncc4c(N5C[C@H]6CC[C@@H](C5)N6)nc(OC[C@@]56CCCN5C[C@H](F)C6)nc4c3F)c21. The summed E-state index contributed by atoms with van der Waals surface area (Å²) < 4.78 is 37.6. The first-order valence-corrected chi connectivity index (χ1v) is 15.9. The van der Waals surface area contributed by atoms with Crippen LogP contribution < -0.4 is 15.0 Å². The third-order valence-corrected chi connectivity index (χ3v) is 10.8. The van der Waals surface area contributed by atoms with Gasteiger partial charge in [-0.2, -0.15) is 9.97 Å². The zero-order valence-corrected chi connectivity index (χ0v) is 25.0. The first-order valence-electron chi connectivity index (χ1n) is 15.9. The maximum atomic E-state index is 16.8. The van der Waals surface area contributed by atoms with Gasteiger partial charge in [-0.25, -0.2) is 8.78 Å². The van der Waals surface area contributed by atoms with Crippen LogP contribution in [0.15, 0.2) is 18.3 Å². The summed E-state index contributed by atoms with van der Waals surface area (Å²) in [6, 6.07) is 4.28. The maximum Gasteiger partial charge on any atom is 0.319 e. The van der Waals surface area contributed by atoms with Gasteiger partial charge in [-0.15, -0.1) is 0 Å². The lowest BCUT2D eigenvalue weighted by Gasteiger charge is -2.35. The molecule has 5 aliphatic rings. The van der Waals surface area contributed by atoms with Gasteiger partial charge in [-0.1, -0.05) is 13.8 Å². The van der Waals surface area contributed by atoms with Crippen LogP contribution in [-0.2, 0) is 11.8 Å². The summed E-state index contributed by atoms with van der Waals surface area (Å²) in [6.45, 7) is 7.45. The van der Waals surface area contributed by atoms with Crippen LogP contribution in [0.2, 0.25) is 0 Å². The lowest BCUT2D eigenvalue weighted by Crippen LogP contribution is -2.51. The number of aromatic hydroxyl groups is 1. The van der Waals surface area contributed by atoms with Gasteiger partial charge in [0.05, 0.1) is 10.9 Å². The summed E-state index contributed by atoms with van der Waals surface area (Å²) in [6.07, 6.45) is 8.18. The molecule has 2 bridgehead atoms. The Hall–Kier alpha value is -3.11. The Morgan fingerprint density at radius 3 is 2.72 bits per heavy atom. The van der Waals surface area contributed by atoms with E-state index in [1.807, 2.05) is 0 Å². The highest BCUT2D eigenvalue weighted by molar-refractivity contribution is 5.92. The summed E-state index contributed by atoms with van der Waals surface area (Å²) in [7, 11) is 0. The molecule has 4 saturated heterocycles. The number of benzene rings is 1. The van der Waals surface area contributed by atoms with E-state index in [1.165, 1.54) is 0 Å². The standard InChI is InChI=1S/C33H40F2N6O2/c1-32(2)8-3-5-19-11-23(42)12-24(26(19)32)28-27(35)29-25(14-36-28)30(40-16-21-6-7-22(17-40)37-21)39-31(38-29)43-18-33-9-4-10-41(33)15-20(34)13-33/h11-12,14,20-22,37,42H,3-10,13,15-18H2,1-2H3/t20-,21-,22+,33+/m1/s1. The first kappa shape index (κ1) is 27.4. The van der Waals surface area contributed by atoms with Crippen LogP contribution in [0.3, 0.4) is 0 Å². The van der Waals surface area contributed by atoms with Crippen molar-refractivity contribution < 1.29 is 18.6 Å². The second-order valence-electron chi connectivity index (χ2n) is 14.2. The van der Waals surface area contributed by atoms with Gasteiger partial charge in [0.2, 0.25) is 0 Å². The third kappa shape index (κ3) is 4.55. The molecule has 0 saturated carbocycles. The average Bonchev–Trinajstić information content (AvgIpc) is 3.61. The summed E-state index contributed by atoms with van der Waals surface area (Å²) >= 11 is 0. The van der Waals surface area contributed by atoms with Crippen molar-refractivity contribution in [3.63, 3.8) is 0 Å². The van der Waals surface area contributed by atoms with Crippen LogP contribution in [-0.4, -0.2) is 81.5 Å². The highest BCUT2D eigenvalue weighted by atomic mass is 19.1. The smallest absolute Gasteiger partial charge is 0.319 e. The van der Waals surface area contributed by atoms with Crippen LogP contribution in [0, 0.1) is 5.82 Å². The molecule has 4 fully saturated rings. The van der Waals surface area contributed by atoms with Gasteiger partial charge in [0.15, 0.2) is 5.82 Å². The lowest BCUT2D eigenvalue weighted by atomic mass is 9.70. The number of ether oxygens (including phenoxy) is 1. The molecule has 3 aromatic rings. The largest absolute Gasteiger partial charge is 0.508 e. The topological polar surface area (TPSA) is 86.6 Å². The number of alkyl halides is 1. The number of rotatable bonds is 5. The zero-order valence-electron chi connectivity index (χ0n) is 25.0. The van der Waals surface area contributed by atoms with E-state index in [4.69, 9.17) is 14.7 Å². The van der Waals surface area contributed by atoms with Crippen molar-refractivity contribution >= 4 is 16.7 Å². The lowest BCUT2D eigenvalue weighted by molar-refractivity contribution is 0.107. The predicted octanol–water partition coefficient (Wildman–Crippen LogP) is 5.05. The van der Waals surface area contributed by atoms with Crippen LogP contribution in [0.1, 0.15) is 69.9 Å². The van der Waals surface area contributed by atoms with Crippen LogP contribution in [0.5, 0.6) is 11.8 Å². The molecule has 8 rings (SSSR count). The van der Waals surface area contributed by atoms with E-state index in [2.05, 4.69) is 33.9 Å². The van der Waals surface area contributed by atoms with Crippen LogP contribution >= 0.6 is 0 Å². The predicted molar refractivity (Wildman–Crippen MR) is 161 cm³/mol. The number of nitrogens with zero attached hydrogens (tertiary/aromatic N) is 5. The van der Waals surface area contributed by atoms with Gasteiger partial charge < -0.3 is 20.1 Å². The van der Waals surface area contributed by atoms with Crippen LogP contribution in [0.4, 0.5) is 14.6 Å². The molecule has 6 heterocycles. The number of hydrogen-bond acceptors (Lipinski definition) is 8. The molecule has 0 amide bonds. The molecule has 1 aromatic carbocycles. The fourth-order valence-electron chi connectivity index (χ4n) is 8.85. The summed E-state index contributed by atoms with van der Waals surface area (Å²) in [5.41, 5.74) is 2.49. The molecule has 1 aliphatic carbocycles. The Kier molecular flexibility index (Phi) is 6.35. The Balaban J connectivity index is 1.25. The third-order valence-electron chi connectivity index (χ3n) is 10.8. The Morgan fingerprint density at radius 1 is 1.09 bits per heavy atom. The molecular weight excluding hydrogens is 550 g/mol. The van der Waals surface area contributed by atoms with E-state index in [0.29, 0.717) is 41.8 Å². The Labute approximate surface area is 250 Å². The quantitative estimate of drug-likeness (QED) is 0.427. The Morgan fingerprint density at radius 2 is 1.91 bits per heavy atom. The number of phenols is 1. The van der Waals surface area contributed by atoms with E-state index < -0.39 is 12.0 Å². The number of aromatic nitrogens is 3. The first-order chi connectivity index (χ1) is 20.7. The number of piperazine rings is 1. The molecule has 4 aliphatic heterocycles. The van der Waals surface area contributed by atoms with Gasteiger partial charge in [0, 0.05) is 49.9 Å². The van der Waals surface area contributed by atoms with E-state index >= 15 is 4.39 Å². The molecule has 8 nitrogen and oxygen atoms in total. The summed E-state index contributed by atoms with van der Waals surface area (Å²) in [5, 5.41) is 14.9. The summed E-state index contributed by atoms with van der Waals surface area (Å²) in [5.74, 6) is 0.202. The molecule has 2 aromatic heterocycles. The normalized spacial score (nSPS) is 29.7. The number of hydrogen-bond donors (Lipinski definition) is 2. The molecule has 0 spiro atoms. The van der Waals surface area contributed by atoms with Gasteiger partial charge in [-0.3, -0.25) is 9.88 Å². The van der Waals surface area contributed by atoms with Gasteiger partial charge >= 0.3 is 6.01 Å². The van der Waals surface area contributed by atoms with Crippen molar-refractivity contribution in [3.8, 4) is 23.0 Å². The number of aryl methyl sites for hydroxylation is 1. The van der Waals surface area contributed by atoms with Crippen molar-refractivity contribution in [1.82, 2.24) is 25.2 Å². The molecule has 2 N–H and O–H groups in total. The molecule has 10 heteroatoms. The van der Waals surface area contributed by atoms with E-state index in [0.717, 1.165) is 75.7 Å². The van der Waals surface area contributed by atoms with Crippen molar-refractivity contribution in [2.45, 2.75) is 94.4 Å². The second kappa shape index (κ2) is 9.95. The van der Waals surface area contributed by atoms with Gasteiger partial charge in [0.25, 0.3) is 0 Å². The number of fused-ring (bicyclic) bond motifs is 5. The van der Waals surface area contributed by atoms with Crippen molar-refractivity contribution in [2.24, 2.45) is 0 Å². The minimum absolute atomic E-state index is 0.111. The van der Waals surface area contributed by atoms with E-state index in [9.17, 15) is 9.50 Å². The highest BCUT2D eigenvalue weighted by Gasteiger charge is 2.49. The molecule has 0 radical (unpaired) electrons. The Bertz CT molecular complexity index is 1590. The maximum absolute atomic E-state index is 16.8. The van der Waals surface area contributed by atoms with Gasteiger partial charge in [-0.05, 0) is 80.2 Å². The van der Waals surface area contributed by atoms with E-state index in [-0.39, 0.29) is 40.5 Å². The van der Waals surface area contributed by atoms with Crippen molar-refractivity contribution in [3.05, 3.63) is 35.3 Å². The summed E-state index contributed by atoms with van der Waals surface area (Å²) in [4.78, 5) is 18.6.